The van der Waals surface area contributed by atoms with Gasteiger partial charge in [0.05, 0.1) is 10.2 Å². The summed E-state index contributed by atoms with van der Waals surface area (Å²) in [6.07, 6.45) is 0. The van der Waals surface area contributed by atoms with Gasteiger partial charge in [0, 0.05) is 10.8 Å². The van der Waals surface area contributed by atoms with E-state index in [0.29, 0.717) is 5.52 Å². The molecule has 0 aliphatic rings. The van der Waals surface area contributed by atoms with Gasteiger partial charge in [-0.05, 0) is 12.1 Å². The van der Waals surface area contributed by atoms with E-state index in [4.69, 9.17) is 0 Å². The fourth-order valence-electron chi connectivity index (χ4n) is 0.974. The standard InChI is InChI=1S/C7H5NO3S3/c9-14(10,11)13-7-8-5-3-1-2-4-6(5)12-7/h1-4H,(H,9,10,11)/p-1. The monoisotopic (exact) mass is 246 g/mol. The van der Waals surface area contributed by atoms with Crippen LogP contribution in [0.25, 0.3) is 10.2 Å². The molecule has 0 bridgehead atoms. The van der Waals surface area contributed by atoms with Crippen LogP contribution in [0.4, 0.5) is 0 Å². The van der Waals surface area contributed by atoms with Gasteiger partial charge in [-0.3, -0.25) is 0 Å². The zero-order valence-corrected chi connectivity index (χ0v) is 9.16. The van der Waals surface area contributed by atoms with Crippen molar-refractivity contribution in [2.45, 2.75) is 4.34 Å². The van der Waals surface area contributed by atoms with Gasteiger partial charge in [-0.15, -0.1) is 11.3 Å². The minimum atomic E-state index is -4.31. The van der Waals surface area contributed by atoms with Crippen molar-refractivity contribution in [2.75, 3.05) is 0 Å². The summed E-state index contributed by atoms with van der Waals surface area (Å²) in [6, 6.07) is 7.24. The number of nitrogens with zero attached hydrogens (tertiary/aromatic N) is 1. The van der Waals surface area contributed by atoms with Crippen molar-refractivity contribution >= 4 is 41.5 Å². The van der Waals surface area contributed by atoms with Crippen LogP contribution in [0.15, 0.2) is 28.6 Å². The van der Waals surface area contributed by atoms with Gasteiger partial charge < -0.3 is 4.55 Å². The first kappa shape index (κ1) is 9.91. The van der Waals surface area contributed by atoms with Crippen LogP contribution >= 0.6 is 22.1 Å². The van der Waals surface area contributed by atoms with Crippen LogP contribution in [-0.2, 0) is 9.15 Å². The Morgan fingerprint density at radius 1 is 1.36 bits per heavy atom. The van der Waals surface area contributed by atoms with E-state index in [9.17, 15) is 13.0 Å². The molecule has 0 N–H and O–H groups in total. The smallest absolute Gasteiger partial charge is 0.165 e. The lowest BCUT2D eigenvalue weighted by molar-refractivity contribution is 0.482. The molecule has 0 atom stereocenters. The van der Waals surface area contributed by atoms with Gasteiger partial charge in [0.15, 0.2) is 13.5 Å². The molecule has 1 heterocycles. The molecule has 14 heavy (non-hydrogen) atoms. The summed E-state index contributed by atoms with van der Waals surface area (Å²) >= 11 is 1.20. The van der Waals surface area contributed by atoms with Crippen molar-refractivity contribution in [1.82, 2.24) is 4.98 Å². The van der Waals surface area contributed by atoms with Crippen LogP contribution in [0.5, 0.6) is 0 Å². The Labute approximate surface area is 88.1 Å². The number of fused-ring (bicyclic) bond motifs is 1. The third-order valence-corrected chi connectivity index (χ3v) is 4.62. The van der Waals surface area contributed by atoms with E-state index < -0.39 is 9.15 Å². The van der Waals surface area contributed by atoms with E-state index in [2.05, 4.69) is 4.98 Å². The van der Waals surface area contributed by atoms with Crippen molar-refractivity contribution < 1.29 is 13.0 Å². The average Bonchev–Trinajstić information content (AvgIpc) is 2.42. The number of para-hydroxylation sites is 1. The highest BCUT2D eigenvalue weighted by atomic mass is 33.2. The minimum absolute atomic E-state index is 0.251. The van der Waals surface area contributed by atoms with E-state index in [1.54, 1.807) is 6.07 Å². The van der Waals surface area contributed by atoms with Gasteiger partial charge >= 0.3 is 0 Å². The third kappa shape index (κ3) is 2.24. The van der Waals surface area contributed by atoms with Crippen LogP contribution in [0.3, 0.4) is 0 Å². The van der Waals surface area contributed by atoms with E-state index in [0.717, 1.165) is 4.70 Å². The SMILES string of the molecule is O=S(=O)([O-])Sc1nc2ccccc2s1. The Hall–Kier alpha value is -0.630. The maximum Gasteiger partial charge on any atom is 0.165 e. The molecule has 0 aliphatic carbocycles. The lowest BCUT2D eigenvalue weighted by Crippen LogP contribution is -1.88. The van der Waals surface area contributed by atoms with Gasteiger partial charge in [0.2, 0.25) is 0 Å². The van der Waals surface area contributed by atoms with Gasteiger partial charge in [-0.25, -0.2) is 13.4 Å². The molecule has 0 unspecified atom stereocenters. The second-order valence-corrected chi connectivity index (χ2v) is 6.82. The summed E-state index contributed by atoms with van der Waals surface area (Å²) in [6.45, 7) is 0. The number of aromatic nitrogens is 1. The molecule has 0 radical (unpaired) electrons. The molecule has 1 aromatic carbocycles. The average molecular weight is 246 g/mol. The molecule has 2 rings (SSSR count). The molecule has 7 heteroatoms. The predicted octanol–water partition coefficient (Wildman–Crippen LogP) is 1.85. The Morgan fingerprint density at radius 3 is 2.71 bits per heavy atom. The molecule has 0 amide bonds. The number of rotatable bonds is 2. The van der Waals surface area contributed by atoms with Crippen molar-refractivity contribution in [3.8, 4) is 0 Å². The third-order valence-electron chi connectivity index (χ3n) is 1.45. The first-order valence-corrected chi connectivity index (χ1v) is 7.11. The summed E-state index contributed by atoms with van der Waals surface area (Å²) in [5.41, 5.74) is 0.712. The molecule has 1 aromatic heterocycles. The van der Waals surface area contributed by atoms with Crippen LogP contribution < -0.4 is 0 Å². The molecule has 4 nitrogen and oxygen atoms in total. The van der Waals surface area contributed by atoms with Gasteiger partial charge in [-0.2, -0.15) is 0 Å². The summed E-state index contributed by atoms with van der Waals surface area (Å²) in [5.74, 6) is 0. The Bertz CT molecular complexity index is 527. The number of hydrogen-bond donors (Lipinski definition) is 0. The first-order chi connectivity index (χ1) is 6.54. The summed E-state index contributed by atoms with van der Waals surface area (Å²) in [7, 11) is -4.06. The minimum Gasteiger partial charge on any atom is -0.739 e. The molecule has 0 saturated carbocycles. The van der Waals surface area contributed by atoms with Crippen molar-refractivity contribution in [1.29, 1.82) is 0 Å². The maximum absolute atomic E-state index is 10.5. The zero-order chi connectivity index (χ0) is 10.2. The summed E-state index contributed by atoms with van der Waals surface area (Å²) < 4.78 is 32.5. The van der Waals surface area contributed by atoms with Crippen molar-refractivity contribution in [3.63, 3.8) is 0 Å². The highest BCUT2D eigenvalue weighted by Crippen LogP contribution is 2.31. The van der Waals surface area contributed by atoms with Gasteiger partial charge in [0.25, 0.3) is 0 Å². The van der Waals surface area contributed by atoms with E-state index >= 15 is 0 Å². The second-order valence-electron chi connectivity index (χ2n) is 2.44. The molecule has 0 saturated heterocycles. The highest BCUT2D eigenvalue weighted by molar-refractivity contribution is 8.70. The van der Waals surface area contributed by atoms with Gasteiger partial charge in [0.1, 0.15) is 0 Å². The van der Waals surface area contributed by atoms with Gasteiger partial charge in [-0.1, -0.05) is 12.1 Å². The molecular formula is C7H4NO3S3-. The zero-order valence-electron chi connectivity index (χ0n) is 6.71. The normalized spacial score (nSPS) is 12.1. The van der Waals surface area contributed by atoms with E-state index in [1.807, 2.05) is 18.2 Å². The molecule has 0 aliphatic heterocycles. The molecule has 2 aromatic rings. The summed E-state index contributed by atoms with van der Waals surface area (Å²) in [5, 5.41) is 0. The fraction of sp³-hybridized carbons (Fsp3) is 0. The van der Waals surface area contributed by atoms with E-state index in [1.165, 1.54) is 11.3 Å². The van der Waals surface area contributed by atoms with Crippen molar-refractivity contribution in [2.24, 2.45) is 0 Å². The molecular weight excluding hydrogens is 242 g/mol. The van der Waals surface area contributed by atoms with Crippen LogP contribution in [0, 0.1) is 0 Å². The Balaban J connectivity index is 2.46. The van der Waals surface area contributed by atoms with E-state index in [-0.39, 0.29) is 15.1 Å². The largest absolute Gasteiger partial charge is 0.739 e. The Morgan fingerprint density at radius 2 is 2.07 bits per heavy atom. The van der Waals surface area contributed by atoms with Crippen molar-refractivity contribution in [3.05, 3.63) is 24.3 Å². The summed E-state index contributed by atoms with van der Waals surface area (Å²) in [4.78, 5) is 4.00. The fourth-order valence-corrected chi connectivity index (χ4v) is 4.08. The second kappa shape index (κ2) is 3.50. The molecule has 74 valence electrons. The quantitative estimate of drug-likeness (QED) is 0.597. The Kier molecular flexibility index (Phi) is 2.48. The lowest BCUT2D eigenvalue weighted by Gasteiger charge is -2.00. The number of thiazole rings is 1. The number of hydrogen-bond acceptors (Lipinski definition) is 6. The highest BCUT2D eigenvalue weighted by Gasteiger charge is 2.06. The lowest BCUT2D eigenvalue weighted by atomic mass is 10.3. The first-order valence-electron chi connectivity index (χ1n) is 3.55. The number of benzene rings is 1. The molecule has 0 fully saturated rings. The molecule has 0 spiro atoms. The van der Waals surface area contributed by atoms with Crippen LogP contribution in [-0.4, -0.2) is 18.0 Å². The topological polar surface area (TPSA) is 70.1 Å². The van der Waals surface area contributed by atoms with Crippen LogP contribution in [0.2, 0.25) is 0 Å². The predicted molar refractivity (Wildman–Crippen MR) is 55.2 cm³/mol. The van der Waals surface area contributed by atoms with Crippen LogP contribution in [0.1, 0.15) is 0 Å². The maximum atomic E-state index is 10.5.